The summed E-state index contributed by atoms with van der Waals surface area (Å²) < 4.78 is 13.9. The minimum atomic E-state index is -0.181. The molecule has 5 rings (SSSR count). The number of thiophene rings is 1. The Balaban J connectivity index is 1.49. The normalized spacial score (nSPS) is 15.6. The molecule has 0 bridgehead atoms. The van der Waals surface area contributed by atoms with Crippen molar-refractivity contribution >= 4 is 50.7 Å². The van der Waals surface area contributed by atoms with Gasteiger partial charge in [-0.05, 0) is 57.2 Å². The summed E-state index contributed by atoms with van der Waals surface area (Å²) in [6.07, 6.45) is 3.08. The van der Waals surface area contributed by atoms with E-state index < -0.39 is 0 Å². The standard InChI is InChI=1S/C23H26N4O2S3/c1-13(2)29-15-8-6-14(7-9-15)12-31-22-26-25-19-18-16-10-23(3,4)28-11-17(16)32-20(18)24-21(30-5)27(19)22/h6-9,13H,10-12H2,1-5H3. The number of fused-ring (bicyclic) bond motifs is 5. The predicted octanol–water partition coefficient (Wildman–Crippen LogP) is 5.99. The van der Waals surface area contributed by atoms with Crippen LogP contribution < -0.4 is 4.74 Å². The maximum Gasteiger partial charge on any atom is 0.198 e. The molecule has 6 nitrogen and oxygen atoms in total. The first kappa shape index (κ1) is 22.0. The fraction of sp³-hybridized carbons (Fsp3) is 0.435. The number of benzene rings is 1. The van der Waals surface area contributed by atoms with Crippen LogP contribution in [0.5, 0.6) is 5.75 Å². The molecule has 4 aromatic rings. The van der Waals surface area contributed by atoms with E-state index in [9.17, 15) is 0 Å². The van der Waals surface area contributed by atoms with Crippen LogP contribution in [0, 0.1) is 0 Å². The Hall–Kier alpha value is -1.81. The monoisotopic (exact) mass is 486 g/mol. The van der Waals surface area contributed by atoms with Crippen LogP contribution in [0.15, 0.2) is 34.6 Å². The second-order valence-electron chi connectivity index (χ2n) is 8.75. The van der Waals surface area contributed by atoms with Gasteiger partial charge >= 0.3 is 0 Å². The Kier molecular flexibility index (Phi) is 5.86. The van der Waals surface area contributed by atoms with E-state index in [1.54, 1.807) is 34.9 Å². The Bertz CT molecular complexity index is 1280. The topological polar surface area (TPSA) is 61.5 Å². The lowest BCUT2D eigenvalue weighted by molar-refractivity contribution is -0.0379. The molecule has 4 heterocycles. The molecular formula is C23H26N4O2S3. The molecule has 9 heteroatoms. The fourth-order valence-corrected chi connectivity index (χ4v) is 6.54. The van der Waals surface area contributed by atoms with Gasteiger partial charge in [-0.25, -0.2) is 9.38 Å². The molecule has 0 spiro atoms. The quantitative estimate of drug-likeness (QED) is 0.245. The molecule has 3 aromatic heterocycles. The summed E-state index contributed by atoms with van der Waals surface area (Å²) in [6, 6.07) is 8.27. The second-order valence-corrected chi connectivity index (χ2v) is 11.5. The largest absolute Gasteiger partial charge is 0.491 e. The Morgan fingerprint density at radius 3 is 2.69 bits per heavy atom. The molecule has 0 amide bonds. The first-order valence-electron chi connectivity index (χ1n) is 10.6. The van der Waals surface area contributed by atoms with Gasteiger partial charge in [0.15, 0.2) is 16.0 Å². The van der Waals surface area contributed by atoms with Gasteiger partial charge in [-0.2, -0.15) is 0 Å². The number of hydrogen-bond acceptors (Lipinski definition) is 8. The summed E-state index contributed by atoms with van der Waals surface area (Å²) in [5.41, 5.74) is 3.25. The van der Waals surface area contributed by atoms with Gasteiger partial charge in [-0.1, -0.05) is 35.7 Å². The van der Waals surface area contributed by atoms with Crippen molar-refractivity contribution in [3.05, 3.63) is 40.3 Å². The molecule has 0 radical (unpaired) electrons. The highest BCUT2D eigenvalue weighted by Gasteiger charge is 2.31. The summed E-state index contributed by atoms with van der Waals surface area (Å²) >= 11 is 5.03. The van der Waals surface area contributed by atoms with Crippen LogP contribution in [0.4, 0.5) is 0 Å². The van der Waals surface area contributed by atoms with Crippen molar-refractivity contribution in [1.82, 2.24) is 19.6 Å². The second kappa shape index (κ2) is 8.52. The Morgan fingerprint density at radius 2 is 1.97 bits per heavy atom. The zero-order chi connectivity index (χ0) is 22.5. The van der Waals surface area contributed by atoms with Crippen LogP contribution in [0.3, 0.4) is 0 Å². The van der Waals surface area contributed by atoms with Crippen molar-refractivity contribution in [1.29, 1.82) is 0 Å². The molecule has 168 valence electrons. The van der Waals surface area contributed by atoms with Crippen LogP contribution in [0.25, 0.3) is 15.9 Å². The van der Waals surface area contributed by atoms with E-state index in [0.29, 0.717) is 6.61 Å². The molecule has 0 unspecified atom stereocenters. The summed E-state index contributed by atoms with van der Waals surface area (Å²) in [5.74, 6) is 1.70. The fourth-order valence-electron chi connectivity index (χ4n) is 3.90. The Labute approximate surface area is 200 Å². The van der Waals surface area contributed by atoms with Crippen LogP contribution >= 0.6 is 34.9 Å². The van der Waals surface area contributed by atoms with E-state index in [1.807, 2.05) is 26.0 Å². The van der Waals surface area contributed by atoms with Crippen molar-refractivity contribution in [2.75, 3.05) is 6.26 Å². The van der Waals surface area contributed by atoms with Gasteiger partial charge in [0.2, 0.25) is 0 Å². The maximum atomic E-state index is 6.03. The van der Waals surface area contributed by atoms with E-state index in [0.717, 1.165) is 44.1 Å². The van der Waals surface area contributed by atoms with Crippen LogP contribution in [0.2, 0.25) is 0 Å². The van der Waals surface area contributed by atoms with Crippen molar-refractivity contribution in [2.45, 2.75) is 68.5 Å². The van der Waals surface area contributed by atoms with Gasteiger partial charge in [0.1, 0.15) is 10.6 Å². The summed E-state index contributed by atoms with van der Waals surface area (Å²) in [7, 11) is 0. The van der Waals surface area contributed by atoms with E-state index >= 15 is 0 Å². The number of rotatable bonds is 6. The smallest absolute Gasteiger partial charge is 0.198 e. The highest BCUT2D eigenvalue weighted by molar-refractivity contribution is 7.99. The van der Waals surface area contributed by atoms with Crippen molar-refractivity contribution in [3.63, 3.8) is 0 Å². The maximum absolute atomic E-state index is 6.03. The van der Waals surface area contributed by atoms with Crippen LogP contribution in [-0.4, -0.2) is 37.5 Å². The molecule has 0 saturated carbocycles. The van der Waals surface area contributed by atoms with E-state index in [-0.39, 0.29) is 11.7 Å². The van der Waals surface area contributed by atoms with Gasteiger partial charge in [-0.3, -0.25) is 0 Å². The first-order chi connectivity index (χ1) is 15.3. The summed E-state index contributed by atoms with van der Waals surface area (Å²) in [4.78, 5) is 7.26. The molecule has 32 heavy (non-hydrogen) atoms. The van der Waals surface area contributed by atoms with E-state index in [1.165, 1.54) is 16.0 Å². The summed E-state index contributed by atoms with van der Waals surface area (Å²) in [5, 5.41) is 12.1. The third-order valence-electron chi connectivity index (χ3n) is 5.36. The minimum Gasteiger partial charge on any atom is -0.491 e. The average Bonchev–Trinajstić information content (AvgIpc) is 3.32. The number of thioether (sulfide) groups is 2. The first-order valence-corrected chi connectivity index (χ1v) is 13.6. The molecule has 1 aliphatic heterocycles. The molecule has 0 fully saturated rings. The van der Waals surface area contributed by atoms with Crippen LogP contribution in [0.1, 0.15) is 43.7 Å². The molecule has 0 saturated heterocycles. The van der Waals surface area contributed by atoms with Gasteiger partial charge < -0.3 is 9.47 Å². The van der Waals surface area contributed by atoms with Gasteiger partial charge in [0.05, 0.1) is 23.7 Å². The van der Waals surface area contributed by atoms with Gasteiger partial charge in [0, 0.05) is 17.1 Å². The highest BCUT2D eigenvalue weighted by atomic mass is 32.2. The number of nitrogens with zero attached hydrogens (tertiary/aromatic N) is 4. The molecule has 0 N–H and O–H groups in total. The molecule has 1 aromatic carbocycles. The lowest BCUT2D eigenvalue weighted by Crippen LogP contribution is -2.31. The molecular weight excluding hydrogens is 460 g/mol. The van der Waals surface area contributed by atoms with Gasteiger partial charge in [-0.15, -0.1) is 21.5 Å². The lowest BCUT2D eigenvalue weighted by atomic mass is 9.94. The number of ether oxygens (including phenoxy) is 2. The van der Waals surface area contributed by atoms with Crippen LogP contribution in [-0.2, 0) is 23.5 Å². The minimum absolute atomic E-state index is 0.173. The number of aromatic nitrogens is 4. The van der Waals surface area contributed by atoms with Crippen molar-refractivity contribution in [2.24, 2.45) is 0 Å². The zero-order valence-corrected chi connectivity index (χ0v) is 21.3. The highest BCUT2D eigenvalue weighted by Crippen LogP contribution is 2.41. The molecule has 0 aliphatic carbocycles. The predicted molar refractivity (Wildman–Crippen MR) is 132 cm³/mol. The third-order valence-corrected chi connectivity index (χ3v) is 8.10. The molecule has 0 atom stereocenters. The molecule has 1 aliphatic rings. The lowest BCUT2D eigenvalue weighted by Gasteiger charge is -2.30. The van der Waals surface area contributed by atoms with E-state index in [4.69, 9.17) is 14.5 Å². The van der Waals surface area contributed by atoms with Crippen molar-refractivity contribution < 1.29 is 9.47 Å². The van der Waals surface area contributed by atoms with Crippen molar-refractivity contribution in [3.8, 4) is 5.75 Å². The Morgan fingerprint density at radius 1 is 1.19 bits per heavy atom. The SMILES string of the molecule is CSc1nc2sc3c(c2c2nnc(SCc4ccc(OC(C)C)cc4)n12)CC(C)(C)OC3. The summed E-state index contributed by atoms with van der Waals surface area (Å²) in [6.45, 7) is 8.99. The number of hydrogen-bond donors (Lipinski definition) is 0. The average molecular weight is 487 g/mol. The third kappa shape index (κ3) is 4.11. The van der Waals surface area contributed by atoms with Gasteiger partial charge in [0.25, 0.3) is 0 Å². The van der Waals surface area contributed by atoms with E-state index in [2.05, 4.69) is 46.8 Å². The zero-order valence-electron chi connectivity index (χ0n) is 18.8.